The summed E-state index contributed by atoms with van der Waals surface area (Å²) in [6, 6.07) is 13.9. The van der Waals surface area contributed by atoms with Crippen LogP contribution in [0.2, 0.25) is 0 Å². The van der Waals surface area contributed by atoms with Gasteiger partial charge in [-0.15, -0.1) is 0 Å². The van der Waals surface area contributed by atoms with Crippen LogP contribution in [0.3, 0.4) is 0 Å². The number of carbonyl (C=O) groups is 1. The molecule has 5 nitrogen and oxygen atoms in total. The van der Waals surface area contributed by atoms with Crippen LogP contribution in [0.25, 0.3) is 0 Å². The van der Waals surface area contributed by atoms with E-state index in [0.29, 0.717) is 5.56 Å². The fourth-order valence-corrected chi connectivity index (χ4v) is 3.13. The van der Waals surface area contributed by atoms with Crippen molar-refractivity contribution in [1.29, 1.82) is 0 Å². The predicted molar refractivity (Wildman–Crippen MR) is 101 cm³/mol. The van der Waals surface area contributed by atoms with Gasteiger partial charge in [-0.25, -0.2) is 8.42 Å². The smallest absolute Gasteiger partial charge is 0.254 e. The van der Waals surface area contributed by atoms with Gasteiger partial charge in [0.05, 0.1) is 10.9 Å². The van der Waals surface area contributed by atoms with Crippen molar-refractivity contribution >= 4 is 21.4 Å². The van der Waals surface area contributed by atoms with E-state index in [1.54, 1.807) is 36.2 Å². The Hall–Kier alpha value is -2.34. The Balaban J connectivity index is 2.18. The molecule has 0 bridgehead atoms. The number of anilines is 1. The average molecular weight is 360 g/mol. The average Bonchev–Trinajstić information content (AvgIpc) is 2.59. The van der Waals surface area contributed by atoms with Crippen molar-refractivity contribution in [3.05, 3.63) is 59.7 Å². The van der Waals surface area contributed by atoms with Gasteiger partial charge in [0.15, 0.2) is 9.84 Å². The number of carbonyl (C=O) groups excluding carboxylic acids is 1. The van der Waals surface area contributed by atoms with Crippen LogP contribution in [0.5, 0.6) is 0 Å². The van der Waals surface area contributed by atoms with Gasteiger partial charge in [-0.1, -0.05) is 12.1 Å². The second-order valence-electron chi connectivity index (χ2n) is 6.37. The quantitative estimate of drug-likeness (QED) is 0.822. The molecule has 1 amide bonds. The summed E-state index contributed by atoms with van der Waals surface area (Å²) in [5.74, 6) is -0.0787. The zero-order chi connectivity index (χ0) is 18.8. The van der Waals surface area contributed by atoms with Crippen LogP contribution in [0.15, 0.2) is 53.4 Å². The van der Waals surface area contributed by atoms with E-state index in [1.807, 2.05) is 50.2 Å². The van der Waals surface area contributed by atoms with Crippen molar-refractivity contribution in [2.75, 3.05) is 32.3 Å². The van der Waals surface area contributed by atoms with Crippen LogP contribution in [0.1, 0.15) is 28.9 Å². The number of hydrogen-bond donors (Lipinski definition) is 0. The highest BCUT2D eigenvalue weighted by Gasteiger charge is 2.19. The molecule has 0 N–H and O–H groups in total. The van der Waals surface area contributed by atoms with E-state index in [-0.39, 0.29) is 16.8 Å². The zero-order valence-corrected chi connectivity index (χ0v) is 16.0. The standard InChI is InChI=1S/C19H24N2O3S/c1-14(15-8-12-18(13-9-15)25(5,23)24)21(4)19(22)16-6-10-17(11-7-16)20(2)3/h6-14H,1-5H3. The van der Waals surface area contributed by atoms with Crippen molar-refractivity contribution in [2.24, 2.45) is 0 Å². The van der Waals surface area contributed by atoms with Gasteiger partial charge in [0.25, 0.3) is 5.91 Å². The highest BCUT2D eigenvalue weighted by Crippen LogP contribution is 2.23. The van der Waals surface area contributed by atoms with E-state index in [9.17, 15) is 13.2 Å². The molecule has 0 spiro atoms. The molecular weight excluding hydrogens is 336 g/mol. The second kappa shape index (κ2) is 7.27. The molecule has 134 valence electrons. The molecule has 2 aromatic rings. The lowest BCUT2D eigenvalue weighted by Gasteiger charge is -2.26. The van der Waals surface area contributed by atoms with Gasteiger partial charge >= 0.3 is 0 Å². The van der Waals surface area contributed by atoms with Gasteiger partial charge < -0.3 is 9.80 Å². The van der Waals surface area contributed by atoms with E-state index in [1.165, 1.54) is 6.26 Å². The number of hydrogen-bond acceptors (Lipinski definition) is 4. The number of rotatable bonds is 5. The first kappa shape index (κ1) is 19.0. The summed E-state index contributed by atoms with van der Waals surface area (Å²) < 4.78 is 23.1. The van der Waals surface area contributed by atoms with E-state index >= 15 is 0 Å². The Labute approximate surface area is 149 Å². The molecule has 0 aromatic heterocycles. The molecule has 25 heavy (non-hydrogen) atoms. The molecule has 0 aliphatic heterocycles. The number of nitrogens with zero attached hydrogens (tertiary/aromatic N) is 2. The topological polar surface area (TPSA) is 57.7 Å². The summed E-state index contributed by atoms with van der Waals surface area (Å²) in [5.41, 5.74) is 2.53. The van der Waals surface area contributed by atoms with Crippen molar-refractivity contribution < 1.29 is 13.2 Å². The minimum absolute atomic E-state index is 0.0787. The molecule has 6 heteroatoms. The molecule has 0 aliphatic carbocycles. The molecule has 2 aromatic carbocycles. The van der Waals surface area contributed by atoms with E-state index < -0.39 is 9.84 Å². The molecule has 0 fully saturated rings. The summed E-state index contributed by atoms with van der Waals surface area (Å²) in [7, 11) is 2.43. The maximum atomic E-state index is 12.7. The van der Waals surface area contributed by atoms with E-state index in [0.717, 1.165) is 11.3 Å². The maximum absolute atomic E-state index is 12.7. The molecule has 2 rings (SSSR count). The Kier molecular flexibility index (Phi) is 5.52. The van der Waals surface area contributed by atoms with Crippen molar-refractivity contribution in [3.63, 3.8) is 0 Å². The third-order valence-corrected chi connectivity index (χ3v) is 5.45. The number of amides is 1. The molecule has 0 aliphatic rings. The van der Waals surface area contributed by atoms with Gasteiger partial charge in [0.1, 0.15) is 0 Å². The van der Waals surface area contributed by atoms with E-state index in [4.69, 9.17) is 0 Å². The van der Waals surface area contributed by atoms with Crippen molar-refractivity contribution in [3.8, 4) is 0 Å². The van der Waals surface area contributed by atoms with Crippen LogP contribution in [-0.2, 0) is 9.84 Å². The van der Waals surface area contributed by atoms with Gasteiger partial charge in [-0.2, -0.15) is 0 Å². The monoisotopic (exact) mass is 360 g/mol. The van der Waals surface area contributed by atoms with Crippen molar-refractivity contribution in [1.82, 2.24) is 4.90 Å². The molecule has 0 saturated heterocycles. The summed E-state index contributed by atoms with van der Waals surface area (Å²) in [5, 5.41) is 0. The fraction of sp³-hybridized carbons (Fsp3) is 0.316. The molecule has 0 saturated carbocycles. The lowest BCUT2D eigenvalue weighted by Crippen LogP contribution is -2.29. The van der Waals surface area contributed by atoms with Crippen LogP contribution >= 0.6 is 0 Å². The first-order valence-electron chi connectivity index (χ1n) is 7.96. The van der Waals surface area contributed by atoms with Crippen LogP contribution in [0.4, 0.5) is 5.69 Å². The Bertz CT molecular complexity index is 841. The van der Waals surface area contributed by atoms with Crippen LogP contribution < -0.4 is 4.90 Å². The highest BCUT2D eigenvalue weighted by atomic mass is 32.2. The van der Waals surface area contributed by atoms with Crippen LogP contribution in [-0.4, -0.2) is 46.6 Å². The van der Waals surface area contributed by atoms with Gasteiger partial charge in [-0.3, -0.25) is 4.79 Å². The van der Waals surface area contributed by atoms with Crippen LogP contribution in [0, 0.1) is 0 Å². The predicted octanol–water partition coefficient (Wildman–Crippen LogP) is 2.99. The third-order valence-electron chi connectivity index (χ3n) is 4.32. The summed E-state index contributed by atoms with van der Waals surface area (Å²) >= 11 is 0. The lowest BCUT2D eigenvalue weighted by molar-refractivity contribution is 0.0742. The molecule has 0 heterocycles. The minimum atomic E-state index is -3.22. The fourth-order valence-electron chi connectivity index (χ4n) is 2.50. The minimum Gasteiger partial charge on any atom is -0.378 e. The number of benzene rings is 2. The Morgan fingerprint density at radius 1 is 0.920 bits per heavy atom. The molecule has 0 radical (unpaired) electrons. The SMILES string of the molecule is CC(c1ccc(S(C)(=O)=O)cc1)N(C)C(=O)c1ccc(N(C)C)cc1. The Morgan fingerprint density at radius 3 is 1.88 bits per heavy atom. The summed E-state index contributed by atoms with van der Waals surface area (Å²) in [4.78, 5) is 16.6. The van der Waals surface area contributed by atoms with Crippen molar-refractivity contribution in [2.45, 2.75) is 17.9 Å². The van der Waals surface area contributed by atoms with Gasteiger partial charge in [0, 0.05) is 38.6 Å². The van der Waals surface area contributed by atoms with Gasteiger partial charge in [0.2, 0.25) is 0 Å². The van der Waals surface area contributed by atoms with E-state index in [2.05, 4.69) is 0 Å². The maximum Gasteiger partial charge on any atom is 0.254 e. The molecule has 1 unspecified atom stereocenters. The summed E-state index contributed by atoms with van der Waals surface area (Å²) in [6.45, 7) is 1.92. The molecular formula is C19H24N2O3S. The molecule has 1 atom stereocenters. The second-order valence-corrected chi connectivity index (χ2v) is 8.39. The third kappa shape index (κ3) is 4.39. The number of sulfone groups is 1. The first-order chi connectivity index (χ1) is 11.6. The first-order valence-corrected chi connectivity index (χ1v) is 9.85. The lowest BCUT2D eigenvalue weighted by atomic mass is 10.1. The largest absolute Gasteiger partial charge is 0.378 e. The zero-order valence-electron chi connectivity index (χ0n) is 15.2. The Morgan fingerprint density at radius 2 is 1.44 bits per heavy atom. The van der Waals surface area contributed by atoms with Gasteiger partial charge in [-0.05, 0) is 48.9 Å². The normalized spacial score (nSPS) is 12.5. The highest BCUT2D eigenvalue weighted by molar-refractivity contribution is 7.90. The summed E-state index contributed by atoms with van der Waals surface area (Å²) in [6.07, 6.45) is 1.18.